The summed E-state index contributed by atoms with van der Waals surface area (Å²) in [6.45, 7) is 8.78. The maximum atomic E-state index is 15.6. The zero-order chi connectivity index (χ0) is 48.6. The van der Waals surface area contributed by atoms with Gasteiger partial charge in [-0.1, -0.05) is 147 Å². The third kappa shape index (κ3) is 5.83. The molecule has 346 valence electrons. The SMILES string of the molecule is Cc1cccc2c1oc1c(N(c3cccc(F)c3)c3ccc4c(c3)C3(c5cc(N(c6cccc(F)c6)c6cccc7c6oc6c(C)cccc67)ccc5-4)c4ccccc4C(C)(C)c4ccccc43)cccc12. The Hall–Kier alpha value is -8.74. The van der Waals surface area contributed by atoms with E-state index in [9.17, 15) is 0 Å². The first-order valence-corrected chi connectivity index (χ1v) is 24.5. The van der Waals surface area contributed by atoms with Crippen molar-refractivity contribution in [3.8, 4) is 11.1 Å². The van der Waals surface area contributed by atoms with E-state index in [2.05, 4.69) is 195 Å². The third-order valence-corrected chi connectivity index (χ3v) is 15.6. The fraction of sp³-hybridized carbons (Fsp3) is 0.0909. The minimum Gasteiger partial charge on any atom is -0.454 e. The van der Waals surface area contributed by atoms with Gasteiger partial charge in [-0.25, -0.2) is 8.78 Å². The zero-order valence-electron chi connectivity index (χ0n) is 40.1. The van der Waals surface area contributed by atoms with Crippen LogP contribution in [-0.2, 0) is 10.8 Å². The number of anilines is 6. The summed E-state index contributed by atoms with van der Waals surface area (Å²) < 4.78 is 44.9. The highest BCUT2D eigenvalue weighted by Crippen LogP contribution is 2.64. The van der Waals surface area contributed by atoms with E-state index < -0.39 is 5.41 Å². The van der Waals surface area contributed by atoms with Crippen LogP contribution >= 0.6 is 0 Å². The molecule has 10 aromatic carbocycles. The molecule has 6 heteroatoms. The summed E-state index contributed by atoms with van der Waals surface area (Å²) in [7, 11) is 0. The van der Waals surface area contributed by atoms with Crippen LogP contribution in [0.3, 0.4) is 0 Å². The molecule has 4 nitrogen and oxygen atoms in total. The van der Waals surface area contributed by atoms with E-state index in [0.717, 1.165) is 100 Å². The summed E-state index contributed by atoms with van der Waals surface area (Å²) >= 11 is 0. The van der Waals surface area contributed by atoms with Crippen molar-refractivity contribution in [2.75, 3.05) is 9.80 Å². The van der Waals surface area contributed by atoms with Crippen LogP contribution in [-0.4, -0.2) is 0 Å². The summed E-state index contributed by atoms with van der Waals surface area (Å²) in [5, 5.41) is 4.03. The number of benzene rings is 10. The number of furan rings is 2. The quantitative estimate of drug-likeness (QED) is 0.166. The Kier molecular flexibility index (Phi) is 9.01. The van der Waals surface area contributed by atoms with Crippen molar-refractivity contribution in [2.24, 2.45) is 0 Å². The van der Waals surface area contributed by atoms with Crippen LogP contribution in [0.4, 0.5) is 42.9 Å². The molecule has 0 saturated heterocycles. The fourth-order valence-electron chi connectivity index (χ4n) is 12.5. The summed E-state index contributed by atoms with van der Waals surface area (Å²) in [5.74, 6) is -0.673. The molecule has 0 radical (unpaired) electrons. The van der Waals surface area contributed by atoms with Gasteiger partial charge in [0.15, 0.2) is 11.2 Å². The average molecular weight is 937 g/mol. The van der Waals surface area contributed by atoms with Gasteiger partial charge in [0.25, 0.3) is 0 Å². The summed E-state index contributed by atoms with van der Waals surface area (Å²) in [4.78, 5) is 4.27. The topological polar surface area (TPSA) is 32.8 Å². The van der Waals surface area contributed by atoms with Crippen LogP contribution in [0.1, 0.15) is 58.4 Å². The van der Waals surface area contributed by atoms with Crippen LogP contribution in [0.15, 0.2) is 215 Å². The first kappa shape index (κ1) is 42.2. The molecule has 0 N–H and O–H groups in total. The Balaban J connectivity index is 1.07. The predicted octanol–water partition coefficient (Wildman–Crippen LogP) is 18.3. The average Bonchev–Trinajstić information content (AvgIpc) is 4.07. The minimum absolute atomic E-state index is 0.337. The van der Waals surface area contributed by atoms with Gasteiger partial charge in [-0.05, 0) is 142 Å². The van der Waals surface area contributed by atoms with Crippen molar-refractivity contribution in [2.45, 2.75) is 38.5 Å². The number of halogens is 2. The number of para-hydroxylation sites is 4. The van der Waals surface area contributed by atoms with Gasteiger partial charge in [0.2, 0.25) is 0 Å². The van der Waals surface area contributed by atoms with Gasteiger partial charge in [0.05, 0.1) is 16.8 Å². The van der Waals surface area contributed by atoms with Crippen LogP contribution < -0.4 is 9.80 Å². The molecule has 2 aliphatic carbocycles. The molecule has 0 bridgehead atoms. The lowest BCUT2D eigenvalue weighted by Gasteiger charge is -2.47. The molecule has 0 aliphatic heterocycles. The Bertz CT molecular complexity index is 3970. The van der Waals surface area contributed by atoms with Gasteiger partial charge >= 0.3 is 0 Å². The molecular formula is C66H46F2N2O2. The van der Waals surface area contributed by atoms with Crippen molar-refractivity contribution >= 4 is 78.0 Å². The molecule has 0 unspecified atom stereocenters. The van der Waals surface area contributed by atoms with Crippen LogP contribution in [0, 0.1) is 25.5 Å². The molecule has 0 saturated carbocycles. The molecule has 72 heavy (non-hydrogen) atoms. The second kappa shape index (κ2) is 15.4. The minimum atomic E-state index is -0.842. The van der Waals surface area contributed by atoms with E-state index in [1.165, 1.54) is 34.4 Å². The van der Waals surface area contributed by atoms with Gasteiger partial charge in [-0.2, -0.15) is 0 Å². The second-order valence-electron chi connectivity index (χ2n) is 20.0. The largest absolute Gasteiger partial charge is 0.454 e. The number of hydrogen-bond donors (Lipinski definition) is 0. The molecule has 1 spiro atoms. The zero-order valence-corrected chi connectivity index (χ0v) is 40.1. The van der Waals surface area contributed by atoms with Crippen molar-refractivity contribution in [3.05, 3.63) is 262 Å². The Morgan fingerprint density at radius 1 is 0.347 bits per heavy atom. The fourth-order valence-corrected chi connectivity index (χ4v) is 12.5. The van der Waals surface area contributed by atoms with Gasteiger partial charge in [-0.3, -0.25) is 0 Å². The normalized spacial score (nSPS) is 13.9. The molecule has 12 aromatic rings. The summed E-state index contributed by atoms with van der Waals surface area (Å²) in [5.41, 5.74) is 17.8. The maximum absolute atomic E-state index is 15.6. The predicted molar refractivity (Wildman–Crippen MR) is 289 cm³/mol. The van der Waals surface area contributed by atoms with E-state index >= 15 is 8.78 Å². The van der Waals surface area contributed by atoms with Crippen molar-refractivity contribution < 1.29 is 17.6 Å². The van der Waals surface area contributed by atoms with E-state index in [1.807, 2.05) is 12.1 Å². The summed E-state index contributed by atoms with van der Waals surface area (Å²) in [6, 6.07) is 69.7. The van der Waals surface area contributed by atoms with Crippen molar-refractivity contribution in [1.29, 1.82) is 0 Å². The maximum Gasteiger partial charge on any atom is 0.159 e. The van der Waals surface area contributed by atoms with E-state index in [-0.39, 0.29) is 17.0 Å². The van der Waals surface area contributed by atoms with Gasteiger partial charge in [0, 0.05) is 49.7 Å². The lowest BCUT2D eigenvalue weighted by atomic mass is 9.55. The first-order valence-electron chi connectivity index (χ1n) is 24.5. The standard InChI is InChI=1S/C66H46F2N2O2/c1-39-15-9-21-49-51-23-13-29-59(63(51)71-61(39)49)69(43-19-11-17-41(67)35-43)45-31-33-47-48-34-32-46(38-58(48)66(57(47)37-45)55-27-7-5-25-53(55)65(3,4)54-26-6-8-28-56(54)66)70(44-20-12-18-42(68)36-44)60-30-14-24-52-50-22-10-16-40(2)62(50)72-64(52)60/h5-38H,1-4H3. The number of rotatable bonds is 6. The first-order chi connectivity index (χ1) is 35.1. The van der Waals surface area contributed by atoms with Gasteiger partial charge in [-0.15, -0.1) is 0 Å². The number of aryl methyl sites for hydroxylation is 2. The smallest absolute Gasteiger partial charge is 0.159 e. The van der Waals surface area contributed by atoms with Crippen LogP contribution in [0.5, 0.6) is 0 Å². The van der Waals surface area contributed by atoms with Crippen molar-refractivity contribution in [1.82, 2.24) is 0 Å². The Labute approximate surface area is 415 Å². The van der Waals surface area contributed by atoms with E-state index in [0.29, 0.717) is 11.4 Å². The van der Waals surface area contributed by atoms with Gasteiger partial charge < -0.3 is 18.6 Å². The molecule has 0 amide bonds. The summed E-state index contributed by atoms with van der Waals surface area (Å²) in [6.07, 6.45) is 0. The highest BCUT2D eigenvalue weighted by Gasteiger charge is 2.53. The van der Waals surface area contributed by atoms with Gasteiger partial charge in [0.1, 0.15) is 22.8 Å². The molecule has 2 aromatic heterocycles. The van der Waals surface area contributed by atoms with E-state index in [4.69, 9.17) is 8.83 Å². The molecule has 2 heterocycles. The Morgan fingerprint density at radius 2 is 0.722 bits per heavy atom. The molecular weight excluding hydrogens is 891 g/mol. The highest BCUT2D eigenvalue weighted by molar-refractivity contribution is 6.12. The molecule has 0 atom stereocenters. The lowest BCUT2D eigenvalue weighted by molar-refractivity contribution is 0.563. The molecule has 0 fully saturated rings. The molecule has 2 aliphatic rings. The number of hydrogen-bond acceptors (Lipinski definition) is 4. The monoisotopic (exact) mass is 936 g/mol. The van der Waals surface area contributed by atoms with Crippen LogP contribution in [0.25, 0.3) is 55.0 Å². The van der Waals surface area contributed by atoms with Crippen LogP contribution in [0.2, 0.25) is 0 Å². The van der Waals surface area contributed by atoms with E-state index in [1.54, 1.807) is 24.3 Å². The lowest BCUT2D eigenvalue weighted by Crippen LogP contribution is -2.40. The second-order valence-corrected chi connectivity index (χ2v) is 20.0. The Morgan fingerprint density at radius 3 is 1.15 bits per heavy atom. The van der Waals surface area contributed by atoms with Crippen molar-refractivity contribution in [3.63, 3.8) is 0 Å². The molecule has 14 rings (SSSR count). The third-order valence-electron chi connectivity index (χ3n) is 15.6. The number of nitrogens with zero attached hydrogens (tertiary/aromatic N) is 2. The number of fused-ring (bicyclic) bond motifs is 15. The highest BCUT2D eigenvalue weighted by atomic mass is 19.1.